The summed E-state index contributed by atoms with van der Waals surface area (Å²) in [6, 6.07) is 11.6. The highest BCUT2D eigenvalue weighted by atomic mass is 35.5. The average Bonchev–Trinajstić information content (AvgIpc) is 3.12. The minimum Gasteiger partial charge on any atom is -0.370 e. The zero-order valence-electron chi connectivity index (χ0n) is 15.3. The third-order valence-electron chi connectivity index (χ3n) is 5.78. The molecule has 2 aliphatic heterocycles. The molecule has 0 saturated carbocycles. The molecule has 0 radical (unpaired) electrons. The van der Waals surface area contributed by atoms with Gasteiger partial charge >= 0.3 is 0 Å². The first-order valence-electron chi connectivity index (χ1n) is 9.22. The van der Waals surface area contributed by atoms with Crippen LogP contribution in [-0.4, -0.2) is 30.5 Å². The standard InChI is InChI=1S/C21H21ClN4O/c1-21(20(27)26-10-6-15-3-2-9-24-19(15)26)7-11-25(12-8-21)18-5-4-17(22)13-16(18)14-23/h2-5,9,13H,6-8,10-12H2,1H3. The smallest absolute Gasteiger partial charge is 0.234 e. The van der Waals surface area contributed by atoms with Crippen molar-refractivity contribution in [1.29, 1.82) is 5.26 Å². The van der Waals surface area contributed by atoms with E-state index in [4.69, 9.17) is 11.6 Å². The van der Waals surface area contributed by atoms with Gasteiger partial charge in [-0.05, 0) is 49.1 Å². The third kappa shape index (κ3) is 3.15. The monoisotopic (exact) mass is 380 g/mol. The normalized spacial score (nSPS) is 18.1. The Balaban J connectivity index is 1.50. The maximum Gasteiger partial charge on any atom is 0.234 e. The Bertz CT molecular complexity index is 928. The molecule has 0 aliphatic carbocycles. The number of carbonyl (C=O) groups excluding carboxylic acids is 1. The Labute approximate surface area is 164 Å². The van der Waals surface area contributed by atoms with Crippen LogP contribution in [0.2, 0.25) is 5.02 Å². The Morgan fingerprint density at radius 2 is 2.04 bits per heavy atom. The van der Waals surface area contributed by atoms with Crippen molar-refractivity contribution in [3.8, 4) is 6.07 Å². The highest BCUT2D eigenvalue weighted by Gasteiger charge is 2.42. The number of hydrogen-bond donors (Lipinski definition) is 0. The summed E-state index contributed by atoms with van der Waals surface area (Å²) in [5, 5.41) is 9.96. The van der Waals surface area contributed by atoms with Crippen LogP contribution in [0.25, 0.3) is 0 Å². The van der Waals surface area contributed by atoms with Crippen LogP contribution in [0.4, 0.5) is 11.5 Å². The Morgan fingerprint density at radius 3 is 2.78 bits per heavy atom. The third-order valence-corrected chi connectivity index (χ3v) is 6.01. The number of rotatable bonds is 2. The van der Waals surface area contributed by atoms with Crippen molar-refractivity contribution in [2.24, 2.45) is 5.41 Å². The van der Waals surface area contributed by atoms with Crippen molar-refractivity contribution in [3.63, 3.8) is 0 Å². The first-order valence-corrected chi connectivity index (χ1v) is 9.60. The molecule has 0 N–H and O–H groups in total. The lowest BCUT2D eigenvalue weighted by Crippen LogP contribution is -2.49. The van der Waals surface area contributed by atoms with E-state index in [9.17, 15) is 10.1 Å². The summed E-state index contributed by atoms with van der Waals surface area (Å²) >= 11 is 6.01. The Morgan fingerprint density at radius 1 is 1.26 bits per heavy atom. The predicted octanol–water partition coefficient (Wildman–Crippen LogP) is 3.80. The summed E-state index contributed by atoms with van der Waals surface area (Å²) in [7, 11) is 0. The van der Waals surface area contributed by atoms with Gasteiger partial charge in [0.2, 0.25) is 5.91 Å². The SMILES string of the molecule is CC1(C(=O)N2CCc3cccnc32)CCN(c2ccc(Cl)cc2C#N)CC1. The molecule has 0 spiro atoms. The molecule has 1 saturated heterocycles. The number of halogens is 1. The number of nitriles is 1. The second-order valence-corrected chi connectivity index (χ2v) is 7.95. The van der Waals surface area contributed by atoms with Gasteiger partial charge in [-0.1, -0.05) is 24.6 Å². The quantitative estimate of drug-likeness (QED) is 0.795. The molecule has 1 fully saturated rings. The fourth-order valence-electron chi connectivity index (χ4n) is 4.06. The second kappa shape index (κ2) is 6.86. The van der Waals surface area contributed by atoms with Crippen molar-refractivity contribution >= 4 is 29.0 Å². The molecule has 3 heterocycles. The summed E-state index contributed by atoms with van der Waals surface area (Å²) < 4.78 is 0. The van der Waals surface area contributed by atoms with E-state index >= 15 is 0 Å². The number of benzene rings is 1. The number of carbonyl (C=O) groups is 1. The van der Waals surface area contributed by atoms with Gasteiger partial charge in [0.25, 0.3) is 0 Å². The molecule has 0 bridgehead atoms. The van der Waals surface area contributed by atoms with Crippen LogP contribution in [0.5, 0.6) is 0 Å². The Hall–Kier alpha value is -2.58. The lowest BCUT2D eigenvalue weighted by Gasteiger charge is -2.41. The zero-order chi connectivity index (χ0) is 19.0. The second-order valence-electron chi connectivity index (χ2n) is 7.51. The van der Waals surface area contributed by atoms with Gasteiger partial charge in [-0.25, -0.2) is 4.98 Å². The van der Waals surface area contributed by atoms with Crippen LogP contribution in [0.3, 0.4) is 0 Å². The van der Waals surface area contributed by atoms with Gasteiger partial charge in [0, 0.05) is 30.9 Å². The van der Waals surface area contributed by atoms with E-state index in [0.29, 0.717) is 17.1 Å². The molecular weight excluding hydrogens is 360 g/mol. The summed E-state index contributed by atoms with van der Waals surface area (Å²) in [5.74, 6) is 0.979. The van der Waals surface area contributed by atoms with Crippen molar-refractivity contribution in [3.05, 3.63) is 52.7 Å². The van der Waals surface area contributed by atoms with Crippen molar-refractivity contribution in [1.82, 2.24) is 4.98 Å². The number of hydrogen-bond acceptors (Lipinski definition) is 4. The molecule has 5 nitrogen and oxygen atoms in total. The van der Waals surface area contributed by atoms with Gasteiger partial charge in [0.05, 0.1) is 16.7 Å². The van der Waals surface area contributed by atoms with E-state index < -0.39 is 5.41 Å². The number of nitrogens with zero attached hydrogens (tertiary/aromatic N) is 4. The van der Waals surface area contributed by atoms with E-state index in [1.807, 2.05) is 29.2 Å². The number of pyridine rings is 1. The zero-order valence-corrected chi connectivity index (χ0v) is 16.0. The molecule has 2 aromatic rings. The lowest BCUT2D eigenvalue weighted by molar-refractivity contribution is -0.128. The number of anilines is 2. The summed E-state index contributed by atoms with van der Waals surface area (Å²) in [6.45, 7) is 4.24. The van der Waals surface area contributed by atoms with Crippen LogP contribution in [0.15, 0.2) is 36.5 Å². The van der Waals surface area contributed by atoms with E-state index in [2.05, 4.69) is 22.9 Å². The van der Waals surface area contributed by atoms with Crippen molar-refractivity contribution in [2.75, 3.05) is 29.4 Å². The van der Waals surface area contributed by atoms with E-state index in [0.717, 1.165) is 49.4 Å². The van der Waals surface area contributed by atoms with Crippen LogP contribution in [-0.2, 0) is 11.2 Å². The lowest BCUT2D eigenvalue weighted by atomic mass is 9.78. The summed E-state index contributed by atoms with van der Waals surface area (Å²) in [4.78, 5) is 21.8. The van der Waals surface area contributed by atoms with Gasteiger partial charge in [-0.2, -0.15) is 5.26 Å². The minimum absolute atomic E-state index is 0.163. The van der Waals surface area contributed by atoms with Gasteiger partial charge in [-0.15, -0.1) is 0 Å². The van der Waals surface area contributed by atoms with E-state index in [-0.39, 0.29) is 5.91 Å². The predicted molar refractivity (Wildman–Crippen MR) is 106 cm³/mol. The molecule has 6 heteroatoms. The minimum atomic E-state index is -0.408. The summed E-state index contributed by atoms with van der Waals surface area (Å²) in [6.07, 6.45) is 4.11. The molecular formula is C21H21ClN4O. The van der Waals surface area contributed by atoms with E-state index in [1.54, 1.807) is 12.3 Å². The van der Waals surface area contributed by atoms with Crippen molar-refractivity contribution < 1.29 is 4.79 Å². The largest absolute Gasteiger partial charge is 0.370 e. The number of fused-ring (bicyclic) bond motifs is 1. The Kier molecular flexibility index (Phi) is 4.53. The fourth-order valence-corrected chi connectivity index (χ4v) is 4.23. The van der Waals surface area contributed by atoms with Gasteiger partial charge in [0.15, 0.2) is 0 Å². The molecule has 1 aromatic carbocycles. The van der Waals surface area contributed by atoms with Crippen LogP contribution in [0.1, 0.15) is 30.9 Å². The van der Waals surface area contributed by atoms with Gasteiger partial charge < -0.3 is 4.90 Å². The highest BCUT2D eigenvalue weighted by molar-refractivity contribution is 6.30. The van der Waals surface area contributed by atoms with Crippen LogP contribution < -0.4 is 9.80 Å². The topological polar surface area (TPSA) is 60.2 Å². The van der Waals surface area contributed by atoms with Crippen LogP contribution in [0, 0.1) is 16.7 Å². The average molecular weight is 381 g/mol. The van der Waals surface area contributed by atoms with Gasteiger partial charge in [-0.3, -0.25) is 9.69 Å². The van der Waals surface area contributed by atoms with Crippen LogP contribution >= 0.6 is 11.6 Å². The number of piperidine rings is 1. The van der Waals surface area contributed by atoms with Gasteiger partial charge in [0.1, 0.15) is 11.9 Å². The van der Waals surface area contributed by atoms with E-state index in [1.165, 1.54) is 0 Å². The maximum atomic E-state index is 13.3. The molecule has 0 unspecified atom stereocenters. The van der Waals surface area contributed by atoms with Crippen molar-refractivity contribution in [2.45, 2.75) is 26.2 Å². The molecule has 4 rings (SSSR count). The molecule has 27 heavy (non-hydrogen) atoms. The summed E-state index contributed by atoms with van der Waals surface area (Å²) in [5.41, 5.74) is 2.21. The molecule has 138 valence electrons. The molecule has 1 amide bonds. The first kappa shape index (κ1) is 17.8. The maximum absolute atomic E-state index is 13.3. The molecule has 2 aliphatic rings. The number of aromatic nitrogens is 1. The molecule has 1 aromatic heterocycles. The number of amides is 1. The highest BCUT2D eigenvalue weighted by Crippen LogP contribution is 2.38. The first-order chi connectivity index (χ1) is 13.0. The molecule has 0 atom stereocenters. The fraction of sp³-hybridized carbons (Fsp3) is 0.381.